The third kappa shape index (κ3) is 2.88. The van der Waals surface area contributed by atoms with Crippen molar-refractivity contribution in [2.75, 3.05) is 7.11 Å². The molecule has 0 fully saturated rings. The average molecular weight is 260 g/mol. The molecule has 2 aromatic rings. The Balaban J connectivity index is 2.27. The average Bonchev–Trinajstić information content (AvgIpc) is 2.44. The predicted molar refractivity (Wildman–Crippen MR) is 72.4 cm³/mol. The maximum atomic E-state index is 13.8. The normalized spacial score (nSPS) is 10.1. The Kier molecular flexibility index (Phi) is 4.07. The number of benzene rings is 2. The standard InChI is InChI=1S/C14H14BFO3/c1-10-8-9-12(14(18-2)13(10)16)19-15(17)11-6-4-3-5-7-11/h3-9,17H,1-2H3. The van der Waals surface area contributed by atoms with Gasteiger partial charge in [0.25, 0.3) is 0 Å². The van der Waals surface area contributed by atoms with E-state index in [-0.39, 0.29) is 11.5 Å². The van der Waals surface area contributed by atoms with Crippen LogP contribution in [0.4, 0.5) is 4.39 Å². The van der Waals surface area contributed by atoms with Crippen LogP contribution in [0.5, 0.6) is 11.5 Å². The molecule has 0 atom stereocenters. The van der Waals surface area contributed by atoms with Crippen LogP contribution in [0.15, 0.2) is 42.5 Å². The first kappa shape index (κ1) is 13.4. The van der Waals surface area contributed by atoms with E-state index in [0.717, 1.165) is 0 Å². The fourth-order valence-corrected chi connectivity index (χ4v) is 1.73. The van der Waals surface area contributed by atoms with Gasteiger partial charge in [-0.25, -0.2) is 4.39 Å². The molecule has 1 N–H and O–H groups in total. The SMILES string of the molecule is COc1c(OB(O)c2ccccc2)ccc(C)c1F. The van der Waals surface area contributed by atoms with Gasteiger partial charge in [-0.15, -0.1) is 0 Å². The number of methoxy groups -OCH3 is 1. The van der Waals surface area contributed by atoms with Crippen LogP contribution in [0.1, 0.15) is 5.56 Å². The fraction of sp³-hybridized carbons (Fsp3) is 0.143. The molecule has 0 saturated heterocycles. The van der Waals surface area contributed by atoms with Crippen LogP contribution in [-0.2, 0) is 0 Å². The Morgan fingerprint density at radius 2 is 1.79 bits per heavy atom. The summed E-state index contributed by atoms with van der Waals surface area (Å²) in [6.07, 6.45) is 0. The first-order valence-corrected chi connectivity index (χ1v) is 5.86. The van der Waals surface area contributed by atoms with Gasteiger partial charge in [-0.2, -0.15) is 0 Å². The highest BCUT2D eigenvalue weighted by molar-refractivity contribution is 6.60. The molecule has 0 aliphatic heterocycles. The zero-order valence-electron chi connectivity index (χ0n) is 10.8. The zero-order valence-corrected chi connectivity index (χ0v) is 10.8. The molecule has 0 bridgehead atoms. The summed E-state index contributed by atoms with van der Waals surface area (Å²) >= 11 is 0. The molecule has 0 unspecified atom stereocenters. The molecule has 0 radical (unpaired) electrons. The highest BCUT2D eigenvalue weighted by Crippen LogP contribution is 2.32. The minimum Gasteiger partial charge on any atom is -0.530 e. The Morgan fingerprint density at radius 3 is 2.42 bits per heavy atom. The number of halogens is 1. The first-order chi connectivity index (χ1) is 9.13. The van der Waals surface area contributed by atoms with Crippen molar-refractivity contribution in [2.45, 2.75) is 6.92 Å². The van der Waals surface area contributed by atoms with Crippen molar-refractivity contribution < 1.29 is 18.8 Å². The maximum absolute atomic E-state index is 13.8. The molecule has 0 aliphatic carbocycles. The number of ether oxygens (including phenoxy) is 1. The summed E-state index contributed by atoms with van der Waals surface area (Å²) in [7, 11) is 0.191. The van der Waals surface area contributed by atoms with Gasteiger partial charge in [0.2, 0.25) is 0 Å². The van der Waals surface area contributed by atoms with E-state index in [1.54, 1.807) is 43.3 Å². The molecular weight excluding hydrogens is 246 g/mol. The lowest BCUT2D eigenvalue weighted by atomic mass is 9.79. The zero-order chi connectivity index (χ0) is 13.8. The van der Waals surface area contributed by atoms with E-state index in [1.165, 1.54) is 7.11 Å². The summed E-state index contributed by atoms with van der Waals surface area (Å²) in [6, 6.07) is 12.0. The summed E-state index contributed by atoms with van der Waals surface area (Å²) < 4.78 is 24.2. The van der Waals surface area contributed by atoms with Crippen LogP contribution >= 0.6 is 0 Å². The molecule has 5 heteroatoms. The van der Waals surface area contributed by atoms with E-state index in [2.05, 4.69) is 0 Å². The Hall–Kier alpha value is -2.01. The van der Waals surface area contributed by atoms with Crippen LogP contribution < -0.4 is 14.9 Å². The largest absolute Gasteiger partial charge is 0.560 e. The van der Waals surface area contributed by atoms with Gasteiger partial charge in [0.15, 0.2) is 11.6 Å². The van der Waals surface area contributed by atoms with Crippen molar-refractivity contribution >= 4 is 12.6 Å². The Bertz CT molecular complexity index is 560. The van der Waals surface area contributed by atoms with E-state index in [0.29, 0.717) is 11.0 Å². The molecule has 98 valence electrons. The Morgan fingerprint density at radius 1 is 1.11 bits per heavy atom. The fourth-order valence-electron chi connectivity index (χ4n) is 1.73. The van der Waals surface area contributed by atoms with E-state index >= 15 is 0 Å². The van der Waals surface area contributed by atoms with Crippen molar-refractivity contribution in [3.63, 3.8) is 0 Å². The lowest BCUT2D eigenvalue weighted by Gasteiger charge is -2.14. The lowest BCUT2D eigenvalue weighted by molar-refractivity contribution is 0.354. The molecule has 0 amide bonds. The molecular formula is C14H14BFO3. The predicted octanol–water partition coefficient (Wildman–Crippen LogP) is 1.91. The van der Waals surface area contributed by atoms with Crippen LogP contribution in [-0.4, -0.2) is 19.3 Å². The third-order valence-electron chi connectivity index (χ3n) is 2.78. The van der Waals surface area contributed by atoms with Crippen molar-refractivity contribution in [3.8, 4) is 11.5 Å². The molecule has 0 spiro atoms. The molecule has 19 heavy (non-hydrogen) atoms. The molecule has 0 aliphatic rings. The second-order valence-corrected chi connectivity index (χ2v) is 4.11. The monoisotopic (exact) mass is 260 g/mol. The number of rotatable bonds is 4. The second kappa shape index (κ2) is 5.76. The molecule has 0 aromatic heterocycles. The number of hydrogen-bond donors (Lipinski definition) is 1. The molecule has 0 saturated carbocycles. The summed E-state index contributed by atoms with van der Waals surface area (Å²) in [5.41, 5.74) is 1.05. The van der Waals surface area contributed by atoms with E-state index in [1.807, 2.05) is 6.07 Å². The van der Waals surface area contributed by atoms with E-state index < -0.39 is 12.9 Å². The smallest absolute Gasteiger partial charge is 0.530 e. The van der Waals surface area contributed by atoms with Crippen molar-refractivity contribution in [3.05, 3.63) is 53.8 Å². The highest BCUT2D eigenvalue weighted by atomic mass is 19.1. The summed E-state index contributed by atoms with van der Waals surface area (Å²) in [4.78, 5) is 0. The van der Waals surface area contributed by atoms with Crippen LogP contribution in [0.25, 0.3) is 0 Å². The van der Waals surface area contributed by atoms with Crippen LogP contribution in [0.2, 0.25) is 0 Å². The molecule has 0 heterocycles. The quantitative estimate of drug-likeness (QED) is 0.853. The van der Waals surface area contributed by atoms with Crippen LogP contribution in [0, 0.1) is 12.7 Å². The van der Waals surface area contributed by atoms with Gasteiger partial charge in [0, 0.05) is 0 Å². The summed E-state index contributed by atoms with van der Waals surface area (Å²) in [5.74, 6) is -0.322. The number of hydrogen-bond acceptors (Lipinski definition) is 3. The minimum absolute atomic E-state index is 0.00465. The van der Waals surface area contributed by atoms with Gasteiger partial charge in [0.05, 0.1) is 7.11 Å². The van der Waals surface area contributed by atoms with Gasteiger partial charge >= 0.3 is 7.12 Å². The van der Waals surface area contributed by atoms with Gasteiger partial charge in [-0.1, -0.05) is 36.4 Å². The molecule has 2 rings (SSSR count). The minimum atomic E-state index is -1.17. The van der Waals surface area contributed by atoms with Crippen molar-refractivity contribution in [1.82, 2.24) is 0 Å². The van der Waals surface area contributed by atoms with Crippen molar-refractivity contribution in [1.29, 1.82) is 0 Å². The van der Waals surface area contributed by atoms with Gasteiger partial charge < -0.3 is 14.4 Å². The first-order valence-electron chi connectivity index (χ1n) is 5.86. The highest BCUT2D eigenvalue weighted by Gasteiger charge is 2.22. The van der Waals surface area contributed by atoms with Crippen molar-refractivity contribution in [2.24, 2.45) is 0 Å². The Labute approximate surface area is 111 Å². The molecule has 3 nitrogen and oxygen atoms in total. The molecule has 2 aromatic carbocycles. The van der Waals surface area contributed by atoms with E-state index in [9.17, 15) is 9.41 Å². The lowest BCUT2D eigenvalue weighted by Crippen LogP contribution is -2.36. The summed E-state index contributed by atoms with van der Waals surface area (Å²) in [5, 5.41) is 9.95. The van der Waals surface area contributed by atoms with Gasteiger partial charge in [0.1, 0.15) is 5.75 Å². The van der Waals surface area contributed by atoms with Gasteiger partial charge in [-0.05, 0) is 24.0 Å². The topological polar surface area (TPSA) is 38.7 Å². The van der Waals surface area contributed by atoms with Crippen LogP contribution in [0.3, 0.4) is 0 Å². The maximum Gasteiger partial charge on any atom is 0.560 e. The van der Waals surface area contributed by atoms with E-state index in [4.69, 9.17) is 9.39 Å². The summed E-state index contributed by atoms with van der Waals surface area (Å²) in [6.45, 7) is 1.63. The second-order valence-electron chi connectivity index (χ2n) is 4.11. The number of aryl methyl sites for hydroxylation is 1. The van der Waals surface area contributed by atoms with Gasteiger partial charge in [-0.3, -0.25) is 0 Å². The third-order valence-corrected chi connectivity index (χ3v) is 2.78.